The summed E-state index contributed by atoms with van der Waals surface area (Å²) in [5, 5.41) is 0. The summed E-state index contributed by atoms with van der Waals surface area (Å²) in [6, 6.07) is -0.153. The van der Waals surface area contributed by atoms with Gasteiger partial charge in [0.05, 0.1) is 5.69 Å². The first-order valence-electron chi connectivity index (χ1n) is 5.93. The number of nitrogens with one attached hydrogen (secondary N) is 1. The molecule has 0 fully saturated rings. The summed E-state index contributed by atoms with van der Waals surface area (Å²) in [4.78, 5) is 5.90. The molecule has 0 bridgehead atoms. The van der Waals surface area contributed by atoms with Crippen LogP contribution in [0.3, 0.4) is 0 Å². The Labute approximate surface area is 124 Å². The Morgan fingerprint density at radius 2 is 2.00 bits per heavy atom. The second-order valence-electron chi connectivity index (χ2n) is 5.07. The first kappa shape index (κ1) is 16.8. The van der Waals surface area contributed by atoms with Crippen LogP contribution in [0, 0.1) is 12.8 Å². The highest BCUT2D eigenvalue weighted by Gasteiger charge is 2.26. The molecule has 19 heavy (non-hydrogen) atoms. The summed E-state index contributed by atoms with van der Waals surface area (Å²) < 4.78 is 27.9. The molecular weight excluding hydrogens is 306 g/mol. The number of nitrogens with zero attached hydrogens (tertiary/aromatic N) is 2. The maximum Gasteiger partial charge on any atom is 0.252 e. The van der Waals surface area contributed by atoms with Crippen LogP contribution < -0.4 is 4.72 Å². The Bertz CT molecular complexity index is 526. The molecule has 1 atom stereocenters. The Balaban J connectivity index is 2.97. The topological polar surface area (TPSA) is 62.3 Å². The van der Waals surface area contributed by atoms with Gasteiger partial charge in [-0.25, -0.2) is 18.1 Å². The van der Waals surface area contributed by atoms with Gasteiger partial charge in [-0.2, -0.15) is 0 Å². The van der Waals surface area contributed by atoms with Crippen molar-refractivity contribution in [2.24, 2.45) is 5.92 Å². The average molecular weight is 326 g/mol. The van der Waals surface area contributed by atoms with Gasteiger partial charge in [0.1, 0.15) is 0 Å². The van der Waals surface area contributed by atoms with Gasteiger partial charge in [-0.15, -0.1) is 0 Å². The van der Waals surface area contributed by atoms with Crippen molar-refractivity contribution in [2.45, 2.75) is 31.0 Å². The zero-order chi connectivity index (χ0) is 14.8. The van der Waals surface area contributed by atoms with Crippen LogP contribution in [0.15, 0.2) is 4.21 Å². The maximum atomic E-state index is 12.3. The summed E-state index contributed by atoms with van der Waals surface area (Å²) >= 11 is 6.75. The Kier molecular flexibility index (Phi) is 5.76. The fraction of sp³-hybridized carbons (Fsp3) is 0.727. The molecule has 1 N–H and O–H groups in total. The van der Waals surface area contributed by atoms with Gasteiger partial charge >= 0.3 is 0 Å². The van der Waals surface area contributed by atoms with E-state index in [0.717, 1.165) is 11.3 Å². The van der Waals surface area contributed by atoms with E-state index in [1.54, 1.807) is 6.92 Å². The molecule has 0 amide bonds. The maximum absolute atomic E-state index is 12.3. The summed E-state index contributed by atoms with van der Waals surface area (Å²) in [5.41, 5.74) is 0.440. The van der Waals surface area contributed by atoms with Crippen LogP contribution in [-0.4, -0.2) is 45.0 Å². The molecular formula is C11H20ClN3O2S2. The van der Waals surface area contributed by atoms with Crippen LogP contribution in [-0.2, 0) is 10.0 Å². The number of halogens is 1. The van der Waals surface area contributed by atoms with Gasteiger partial charge in [-0.05, 0) is 26.9 Å². The van der Waals surface area contributed by atoms with Gasteiger partial charge in [0.2, 0.25) is 0 Å². The normalized spacial score (nSPS) is 14.3. The molecule has 1 unspecified atom stereocenters. The van der Waals surface area contributed by atoms with Gasteiger partial charge in [0.25, 0.3) is 10.0 Å². The summed E-state index contributed by atoms with van der Waals surface area (Å²) in [5.74, 6) is 0.195. The lowest BCUT2D eigenvalue weighted by Crippen LogP contribution is -2.44. The molecule has 1 rings (SSSR count). The third kappa shape index (κ3) is 4.68. The molecule has 1 aromatic rings. The van der Waals surface area contributed by atoms with Gasteiger partial charge in [-0.1, -0.05) is 36.8 Å². The van der Waals surface area contributed by atoms with Gasteiger partial charge in [0, 0.05) is 12.6 Å². The molecule has 0 aromatic carbocycles. The van der Waals surface area contributed by atoms with E-state index in [-0.39, 0.29) is 20.6 Å². The molecule has 0 aliphatic heterocycles. The Morgan fingerprint density at radius 3 is 2.37 bits per heavy atom. The third-order valence-electron chi connectivity index (χ3n) is 2.65. The molecule has 5 nitrogen and oxygen atoms in total. The number of hydrogen-bond donors (Lipinski definition) is 1. The third-order valence-corrected chi connectivity index (χ3v) is 6.01. The number of aromatic nitrogens is 1. The van der Waals surface area contributed by atoms with Crippen molar-refractivity contribution in [1.29, 1.82) is 0 Å². The molecule has 0 radical (unpaired) electrons. The fourth-order valence-electron chi connectivity index (χ4n) is 1.63. The van der Waals surface area contributed by atoms with E-state index in [2.05, 4.69) is 9.71 Å². The number of sulfonamides is 1. The van der Waals surface area contributed by atoms with E-state index < -0.39 is 10.0 Å². The van der Waals surface area contributed by atoms with E-state index >= 15 is 0 Å². The van der Waals surface area contributed by atoms with Crippen LogP contribution in [0.25, 0.3) is 0 Å². The number of hydrogen-bond acceptors (Lipinski definition) is 5. The zero-order valence-corrected chi connectivity index (χ0v) is 14.2. The molecule has 1 aromatic heterocycles. The number of aryl methyl sites for hydroxylation is 1. The van der Waals surface area contributed by atoms with Gasteiger partial charge in [0.15, 0.2) is 8.68 Å². The van der Waals surface area contributed by atoms with Crippen molar-refractivity contribution in [3.05, 3.63) is 10.2 Å². The molecule has 0 saturated carbocycles. The minimum Gasteiger partial charge on any atom is -0.308 e. The van der Waals surface area contributed by atoms with Gasteiger partial charge in [-0.3, -0.25) is 0 Å². The summed E-state index contributed by atoms with van der Waals surface area (Å²) in [6.45, 7) is 6.27. The average Bonchev–Trinajstić information content (AvgIpc) is 2.56. The van der Waals surface area contributed by atoms with Crippen LogP contribution in [0.4, 0.5) is 0 Å². The lowest BCUT2D eigenvalue weighted by atomic mass is 10.1. The SMILES string of the molecule is Cc1nc(Cl)sc1S(=O)(=O)NC(CN(C)C)C(C)C. The predicted octanol–water partition coefficient (Wildman–Crippen LogP) is 1.97. The fourth-order valence-corrected chi connectivity index (χ4v) is 4.76. The van der Waals surface area contributed by atoms with Crippen molar-refractivity contribution in [3.63, 3.8) is 0 Å². The van der Waals surface area contributed by atoms with Crippen LogP contribution >= 0.6 is 22.9 Å². The zero-order valence-electron chi connectivity index (χ0n) is 11.8. The molecule has 1 heterocycles. The van der Waals surface area contributed by atoms with Crippen LogP contribution in [0.1, 0.15) is 19.5 Å². The van der Waals surface area contributed by atoms with E-state index in [4.69, 9.17) is 11.6 Å². The van der Waals surface area contributed by atoms with Gasteiger partial charge < -0.3 is 4.90 Å². The largest absolute Gasteiger partial charge is 0.308 e. The van der Waals surface area contributed by atoms with E-state index in [0.29, 0.717) is 12.2 Å². The molecule has 0 aliphatic carbocycles. The Morgan fingerprint density at radius 1 is 1.42 bits per heavy atom. The highest BCUT2D eigenvalue weighted by atomic mass is 35.5. The minimum atomic E-state index is -3.57. The molecule has 110 valence electrons. The summed E-state index contributed by atoms with van der Waals surface area (Å²) in [7, 11) is 0.265. The van der Waals surface area contributed by atoms with Crippen molar-refractivity contribution < 1.29 is 8.42 Å². The second-order valence-corrected chi connectivity index (χ2v) is 8.56. The van der Waals surface area contributed by atoms with E-state index in [1.165, 1.54) is 0 Å². The molecule has 8 heteroatoms. The molecule has 0 spiro atoms. The molecule has 0 saturated heterocycles. The Hall–Kier alpha value is -0.210. The molecule has 0 aliphatic rings. The van der Waals surface area contributed by atoms with E-state index in [1.807, 2.05) is 32.8 Å². The van der Waals surface area contributed by atoms with Crippen molar-refractivity contribution in [2.75, 3.05) is 20.6 Å². The smallest absolute Gasteiger partial charge is 0.252 e. The lowest BCUT2D eigenvalue weighted by molar-refractivity contribution is 0.314. The second kappa shape index (κ2) is 6.49. The summed E-state index contributed by atoms with van der Waals surface area (Å²) in [6.07, 6.45) is 0. The number of rotatable bonds is 6. The predicted molar refractivity (Wildman–Crippen MR) is 79.4 cm³/mol. The van der Waals surface area contributed by atoms with E-state index in [9.17, 15) is 8.42 Å². The van der Waals surface area contributed by atoms with Crippen molar-refractivity contribution in [3.8, 4) is 0 Å². The minimum absolute atomic E-state index is 0.153. The number of thiazole rings is 1. The highest BCUT2D eigenvalue weighted by Crippen LogP contribution is 2.27. The highest BCUT2D eigenvalue weighted by molar-refractivity contribution is 7.91. The monoisotopic (exact) mass is 325 g/mol. The quantitative estimate of drug-likeness (QED) is 0.868. The lowest BCUT2D eigenvalue weighted by Gasteiger charge is -2.25. The number of likely N-dealkylation sites (N-methyl/N-ethyl adjacent to an activating group) is 1. The van der Waals surface area contributed by atoms with Crippen LogP contribution in [0.5, 0.6) is 0 Å². The first-order valence-corrected chi connectivity index (χ1v) is 8.61. The standard InChI is InChI=1S/C11H20ClN3O2S2/c1-7(2)9(6-15(4)5)14-19(16,17)10-8(3)13-11(12)18-10/h7,9,14H,6H2,1-5H3. The first-order chi connectivity index (χ1) is 8.63. The van der Waals surface area contributed by atoms with Crippen LogP contribution in [0.2, 0.25) is 4.47 Å². The van der Waals surface area contributed by atoms with Crippen molar-refractivity contribution in [1.82, 2.24) is 14.6 Å². The van der Waals surface area contributed by atoms with Crippen molar-refractivity contribution >= 4 is 33.0 Å².